The van der Waals surface area contributed by atoms with E-state index in [4.69, 9.17) is 14.7 Å². The molecule has 2 N–H and O–H groups in total. The first-order chi connectivity index (χ1) is 7.45. The fourth-order valence-electron chi connectivity index (χ4n) is 1.64. The van der Waals surface area contributed by atoms with Gasteiger partial charge in [-0.25, -0.2) is 0 Å². The van der Waals surface area contributed by atoms with Crippen LogP contribution in [0.25, 0.3) is 0 Å². The summed E-state index contributed by atoms with van der Waals surface area (Å²) in [6.45, 7) is 6.25. The molecule has 0 aliphatic heterocycles. The van der Waals surface area contributed by atoms with Crippen LogP contribution in [0.3, 0.4) is 0 Å². The van der Waals surface area contributed by atoms with Crippen LogP contribution in [0.1, 0.15) is 26.3 Å². The zero-order valence-corrected chi connectivity index (χ0v) is 10.4. The summed E-state index contributed by atoms with van der Waals surface area (Å²) >= 11 is 0. The summed E-state index contributed by atoms with van der Waals surface area (Å²) in [7, 11) is 3.12. The van der Waals surface area contributed by atoms with Gasteiger partial charge in [0.15, 0.2) is 5.75 Å². The minimum Gasteiger partial charge on any atom is -0.494 e. The lowest BCUT2D eigenvalue weighted by atomic mass is 9.86. The van der Waals surface area contributed by atoms with Crippen LogP contribution in [0.2, 0.25) is 0 Å². The molecule has 1 aromatic rings. The smallest absolute Gasteiger partial charge is 0.151 e. The molecule has 90 valence electrons. The maximum Gasteiger partial charge on any atom is 0.151 e. The molecule has 0 radical (unpaired) electrons. The fraction of sp³-hybridized carbons (Fsp3) is 0.500. The molecule has 0 aromatic heterocycles. The molecule has 0 spiro atoms. The lowest BCUT2D eigenvalue weighted by Crippen LogP contribution is -2.14. The predicted molar refractivity (Wildman–Crippen MR) is 63.7 cm³/mol. The minimum absolute atomic E-state index is 0.0663. The molecule has 0 aliphatic rings. The number of rotatable bonds is 3. The second kappa shape index (κ2) is 4.61. The van der Waals surface area contributed by atoms with Crippen LogP contribution in [0.5, 0.6) is 11.5 Å². The number of benzene rings is 1. The second-order valence-electron chi connectivity index (χ2n) is 4.59. The summed E-state index contributed by atoms with van der Waals surface area (Å²) in [6.07, 6.45) is 0. The van der Waals surface area contributed by atoms with E-state index in [1.807, 2.05) is 12.1 Å². The molecule has 1 aromatic carbocycles. The van der Waals surface area contributed by atoms with Crippen molar-refractivity contribution in [1.29, 1.82) is 0 Å². The summed E-state index contributed by atoms with van der Waals surface area (Å²) in [6, 6.07) is 3.75. The Labute approximate surface area is 96.1 Å². The van der Waals surface area contributed by atoms with Crippen LogP contribution in [0, 0.1) is 0 Å². The summed E-state index contributed by atoms with van der Waals surface area (Å²) in [5.41, 5.74) is 3.53. The molecule has 4 heteroatoms. The van der Waals surface area contributed by atoms with Crippen LogP contribution in [0.4, 0.5) is 5.69 Å². The van der Waals surface area contributed by atoms with E-state index in [0.717, 1.165) is 5.56 Å². The van der Waals surface area contributed by atoms with Gasteiger partial charge in [-0.2, -0.15) is 0 Å². The Morgan fingerprint density at radius 1 is 1.12 bits per heavy atom. The Kier molecular flexibility index (Phi) is 3.65. The quantitative estimate of drug-likeness (QED) is 0.777. The number of ether oxygens (including phenoxy) is 2. The van der Waals surface area contributed by atoms with E-state index in [0.29, 0.717) is 17.2 Å². The van der Waals surface area contributed by atoms with E-state index in [2.05, 4.69) is 26.3 Å². The number of methoxy groups -OCH3 is 2. The monoisotopic (exact) mass is 225 g/mol. The second-order valence-corrected chi connectivity index (χ2v) is 4.59. The van der Waals surface area contributed by atoms with Crippen molar-refractivity contribution in [3.63, 3.8) is 0 Å². The fourth-order valence-corrected chi connectivity index (χ4v) is 1.64. The van der Waals surface area contributed by atoms with Gasteiger partial charge in [0, 0.05) is 5.56 Å². The van der Waals surface area contributed by atoms with Gasteiger partial charge in [-0.15, -0.1) is 0 Å². The highest BCUT2D eigenvalue weighted by Gasteiger charge is 2.23. The van der Waals surface area contributed by atoms with Crippen molar-refractivity contribution in [1.82, 2.24) is 0 Å². The Balaban J connectivity index is 3.43. The first-order valence-electron chi connectivity index (χ1n) is 5.11. The molecule has 16 heavy (non-hydrogen) atoms. The molecule has 0 unspecified atom stereocenters. The first-order valence-corrected chi connectivity index (χ1v) is 5.11. The molecule has 0 saturated heterocycles. The minimum atomic E-state index is -0.0663. The van der Waals surface area contributed by atoms with Crippen molar-refractivity contribution in [2.24, 2.45) is 0 Å². The molecule has 0 fully saturated rings. The van der Waals surface area contributed by atoms with E-state index in [9.17, 15) is 0 Å². The van der Waals surface area contributed by atoms with Gasteiger partial charge in [0.05, 0.1) is 14.2 Å². The van der Waals surface area contributed by atoms with Crippen LogP contribution in [-0.2, 0) is 5.41 Å². The normalized spacial score (nSPS) is 11.1. The van der Waals surface area contributed by atoms with Crippen molar-refractivity contribution in [3.05, 3.63) is 17.7 Å². The van der Waals surface area contributed by atoms with Gasteiger partial charge in [-0.3, -0.25) is 10.7 Å². The topological polar surface area (TPSA) is 50.7 Å². The molecule has 0 saturated carbocycles. The highest BCUT2D eigenvalue weighted by molar-refractivity contribution is 5.68. The summed E-state index contributed by atoms with van der Waals surface area (Å²) in [4.78, 5) is 0. The lowest BCUT2D eigenvalue weighted by molar-refractivity contribution is 0.353. The Morgan fingerprint density at radius 3 is 2.12 bits per heavy atom. The average molecular weight is 225 g/mol. The Morgan fingerprint density at radius 2 is 1.75 bits per heavy atom. The van der Waals surface area contributed by atoms with Crippen molar-refractivity contribution in [3.8, 4) is 11.5 Å². The SMILES string of the molecule is COc1ccc(C(C)(C)C)c(OC)c1NO. The van der Waals surface area contributed by atoms with Crippen LogP contribution in [0.15, 0.2) is 12.1 Å². The van der Waals surface area contributed by atoms with Crippen molar-refractivity contribution in [2.45, 2.75) is 26.2 Å². The maximum absolute atomic E-state index is 9.14. The van der Waals surface area contributed by atoms with Crippen molar-refractivity contribution in [2.75, 3.05) is 19.7 Å². The average Bonchev–Trinajstić information content (AvgIpc) is 2.25. The van der Waals surface area contributed by atoms with Crippen molar-refractivity contribution >= 4 is 5.69 Å². The van der Waals surface area contributed by atoms with Gasteiger partial charge < -0.3 is 9.47 Å². The molecule has 0 atom stereocenters. The van der Waals surface area contributed by atoms with Crippen LogP contribution >= 0.6 is 0 Å². The maximum atomic E-state index is 9.14. The van der Waals surface area contributed by atoms with E-state index < -0.39 is 0 Å². The zero-order chi connectivity index (χ0) is 12.3. The van der Waals surface area contributed by atoms with E-state index >= 15 is 0 Å². The van der Waals surface area contributed by atoms with Crippen molar-refractivity contribution < 1.29 is 14.7 Å². The standard InChI is InChI=1S/C12H19NO3/c1-12(2,3)8-6-7-9(15-4)10(13-14)11(8)16-5/h6-7,13-14H,1-5H3. The van der Waals surface area contributed by atoms with E-state index in [1.165, 1.54) is 0 Å². The molecule has 1 rings (SSSR count). The number of hydrogen-bond acceptors (Lipinski definition) is 4. The van der Waals surface area contributed by atoms with Gasteiger partial charge in [-0.1, -0.05) is 26.8 Å². The number of nitrogens with one attached hydrogen (secondary N) is 1. The third kappa shape index (κ3) is 2.22. The predicted octanol–water partition coefficient (Wildman–Crippen LogP) is 2.80. The Hall–Kier alpha value is -1.42. The largest absolute Gasteiger partial charge is 0.494 e. The molecule has 0 amide bonds. The van der Waals surface area contributed by atoms with Gasteiger partial charge in [-0.05, 0) is 11.5 Å². The summed E-state index contributed by atoms with van der Waals surface area (Å²) in [5, 5.41) is 9.14. The molecule has 0 heterocycles. The first kappa shape index (κ1) is 12.6. The lowest BCUT2D eigenvalue weighted by Gasteiger charge is -2.24. The molecule has 0 aliphatic carbocycles. The third-order valence-corrected chi connectivity index (χ3v) is 2.46. The van der Waals surface area contributed by atoms with E-state index in [-0.39, 0.29) is 5.41 Å². The Bertz CT molecular complexity index is 369. The molecule has 0 bridgehead atoms. The highest BCUT2D eigenvalue weighted by Crippen LogP contribution is 2.42. The zero-order valence-electron chi connectivity index (χ0n) is 10.4. The summed E-state index contributed by atoms with van der Waals surface area (Å²) < 4.78 is 10.5. The van der Waals surface area contributed by atoms with Crippen LogP contribution in [-0.4, -0.2) is 19.4 Å². The summed E-state index contributed by atoms with van der Waals surface area (Å²) in [5.74, 6) is 1.15. The molecular formula is C12H19NO3. The molecule has 4 nitrogen and oxygen atoms in total. The highest BCUT2D eigenvalue weighted by atomic mass is 16.5. The van der Waals surface area contributed by atoms with Gasteiger partial charge >= 0.3 is 0 Å². The number of anilines is 1. The van der Waals surface area contributed by atoms with Gasteiger partial charge in [0.1, 0.15) is 11.4 Å². The van der Waals surface area contributed by atoms with Gasteiger partial charge in [0.2, 0.25) is 0 Å². The molecular weight excluding hydrogens is 206 g/mol. The van der Waals surface area contributed by atoms with Gasteiger partial charge in [0.25, 0.3) is 0 Å². The number of hydrogen-bond donors (Lipinski definition) is 2. The van der Waals surface area contributed by atoms with E-state index in [1.54, 1.807) is 14.2 Å². The third-order valence-electron chi connectivity index (χ3n) is 2.46. The van der Waals surface area contributed by atoms with Crippen LogP contribution < -0.4 is 15.0 Å².